The van der Waals surface area contributed by atoms with Crippen LogP contribution in [0.15, 0.2) is 24.3 Å². The van der Waals surface area contributed by atoms with Crippen molar-refractivity contribution in [3.8, 4) is 0 Å². The number of hydrogen-bond acceptors (Lipinski definition) is 5. The van der Waals surface area contributed by atoms with Crippen molar-refractivity contribution in [3.63, 3.8) is 0 Å². The van der Waals surface area contributed by atoms with Crippen LogP contribution in [0, 0.1) is 0 Å². The van der Waals surface area contributed by atoms with Crippen molar-refractivity contribution < 1.29 is 24.5 Å². The number of aliphatic hydroxyl groups excluding tert-OH is 2. The molecule has 3 N–H and O–H groups in total. The highest BCUT2D eigenvalue weighted by molar-refractivity contribution is 5.76. The van der Waals surface area contributed by atoms with Crippen LogP contribution >= 0.6 is 0 Å². The molecule has 0 radical (unpaired) electrons. The molecule has 0 heterocycles. The fourth-order valence-corrected chi connectivity index (χ4v) is 8.10. The molecule has 0 aromatic heterocycles. The Hall–Kier alpha value is -1.66. The lowest BCUT2D eigenvalue weighted by molar-refractivity contribution is -0.143. The van der Waals surface area contributed by atoms with Crippen LogP contribution in [-0.4, -0.2) is 47.4 Å². The highest BCUT2D eigenvalue weighted by atomic mass is 16.5. The zero-order valence-electron chi connectivity index (χ0n) is 40.2. The number of unbranched alkanes of at least 4 members (excludes halogenated alkanes) is 36. The summed E-state index contributed by atoms with van der Waals surface area (Å²) in [6, 6.07) is -0.647. The summed E-state index contributed by atoms with van der Waals surface area (Å²) in [5, 5.41) is 23.0. The second-order valence-corrected chi connectivity index (χ2v) is 18.2. The number of hydrogen-bond donors (Lipinski definition) is 3. The van der Waals surface area contributed by atoms with Crippen LogP contribution < -0.4 is 5.32 Å². The number of nitrogens with one attached hydrogen (secondary N) is 1. The van der Waals surface area contributed by atoms with Gasteiger partial charge in [-0.2, -0.15) is 0 Å². The average molecular weight is 846 g/mol. The van der Waals surface area contributed by atoms with Crippen LogP contribution in [0.5, 0.6) is 0 Å². The largest absolute Gasteiger partial charge is 0.466 e. The number of aliphatic hydroxyl groups is 2. The van der Waals surface area contributed by atoms with Crippen LogP contribution in [0.25, 0.3) is 0 Å². The number of amides is 1. The van der Waals surface area contributed by atoms with Crippen molar-refractivity contribution in [1.82, 2.24) is 5.32 Å². The summed E-state index contributed by atoms with van der Waals surface area (Å²) in [6.45, 7) is 4.83. The number of allylic oxidation sites excluding steroid dienone is 3. The summed E-state index contributed by atoms with van der Waals surface area (Å²) in [5.41, 5.74) is 0. The second-order valence-electron chi connectivity index (χ2n) is 18.2. The van der Waals surface area contributed by atoms with Gasteiger partial charge in [-0.3, -0.25) is 9.59 Å². The van der Waals surface area contributed by atoms with Crippen molar-refractivity contribution in [2.24, 2.45) is 0 Å². The maximum absolute atomic E-state index is 12.4. The first-order valence-corrected chi connectivity index (χ1v) is 26.6. The number of ether oxygens (including phenoxy) is 1. The zero-order valence-corrected chi connectivity index (χ0v) is 40.2. The molecule has 0 aliphatic rings. The maximum atomic E-state index is 12.4. The van der Waals surface area contributed by atoms with E-state index in [1.165, 1.54) is 173 Å². The molecule has 0 fully saturated rings. The summed E-state index contributed by atoms with van der Waals surface area (Å²) >= 11 is 0. The van der Waals surface area contributed by atoms with Crippen molar-refractivity contribution >= 4 is 11.9 Å². The van der Waals surface area contributed by atoms with E-state index in [-0.39, 0.29) is 18.5 Å². The van der Waals surface area contributed by atoms with Gasteiger partial charge in [0, 0.05) is 12.8 Å². The molecule has 6 nitrogen and oxygen atoms in total. The Kier molecular flexibility index (Phi) is 48.6. The Labute approximate surface area is 373 Å². The molecule has 0 rings (SSSR count). The fourth-order valence-electron chi connectivity index (χ4n) is 8.10. The molecule has 0 saturated carbocycles. The summed E-state index contributed by atoms with van der Waals surface area (Å²) < 4.78 is 5.45. The van der Waals surface area contributed by atoms with Gasteiger partial charge in [0.2, 0.25) is 5.91 Å². The van der Waals surface area contributed by atoms with Gasteiger partial charge in [0.15, 0.2) is 0 Å². The first-order valence-electron chi connectivity index (χ1n) is 26.6. The SMILES string of the molecule is CCCCCCCCCCCCCC/C=C/C(O)C(CO)NC(=O)CCCCCCC/C=C\CCCCOC(=O)CCCCCCCCCCCCCCCCCCCC. The predicted octanol–water partition coefficient (Wildman–Crippen LogP) is 15.9. The van der Waals surface area contributed by atoms with Gasteiger partial charge in [0.25, 0.3) is 0 Å². The Balaban J connectivity index is 3.51. The summed E-state index contributed by atoms with van der Waals surface area (Å²) in [4.78, 5) is 24.5. The van der Waals surface area contributed by atoms with Crippen molar-refractivity contribution in [2.45, 2.75) is 296 Å². The summed E-state index contributed by atoms with van der Waals surface area (Å²) in [6.07, 6.45) is 59.0. The van der Waals surface area contributed by atoms with E-state index in [2.05, 4.69) is 31.3 Å². The third kappa shape index (κ3) is 45.9. The first kappa shape index (κ1) is 58.3. The number of carbonyl (C=O) groups excluding carboxylic acids is 2. The fraction of sp³-hybridized carbons (Fsp3) is 0.889. The van der Waals surface area contributed by atoms with Gasteiger partial charge in [-0.15, -0.1) is 0 Å². The molecule has 0 aromatic rings. The topological polar surface area (TPSA) is 95.9 Å². The third-order valence-corrected chi connectivity index (χ3v) is 12.2. The molecule has 0 aromatic carbocycles. The molecular weight excluding hydrogens is 743 g/mol. The van der Waals surface area contributed by atoms with Gasteiger partial charge in [-0.25, -0.2) is 0 Å². The Morgan fingerprint density at radius 3 is 1.18 bits per heavy atom. The maximum Gasteiger partial charge on any atom is 0.305 e. The molecule has 60 heavy (non-hydrogen) atoms. The first-order chi connectivity index (χ1) is 29.5. The van der Waals surface area contributed by atoms with Crippen molar-refractivity contribution in [3.05, 3.63) is 24.3 Å². The van der Waals surface area contributed by atoms with E-state index >= 15 is 0 Å². The lowest BCUT2D eigenvalue weighted by Crippen LogP contribution is -2.45. The van der Waals surface area contributed by atoms with Crippen LogP contribution in [0.2, 0.25) is 0 Å². The van der Waals surface area contributed by atoms with Crippen LogP contribution in [0.3, 0.4) is 0 Å². The molecule has 2 atom stereocenters. The van der Waals surface area contributed by atoms with Crippen molar-refractivity contribution in [2.75, 3.05) is 13.2 Å². The molecule has 1 amide bonds. The molecule has 354 valence electrons. The minimum absolute atomic E-state index is 0.0289. The molecule has 0 bridgehead atoms. The van der Waals surface area contributed by atoms with Crippen molar-refractivity contribution in [1.29, 1.82) is 0 Å². The van der Waals surface area contributed by atoms with E-state index < -0.39 is 12.1 Å². The normalized spacial score (nSPS) is 12.8. The second kappa shape index (κ2) is 50.0. The minimum atomic E-state index is -0.861. The lowest BCUT2D eigenvalue weighted by Gasteiger charge is -2.20. The van der Waals surface area contributed by atoms with Crippen LogP contribution in [0.1, 0.15) is 284 Å². The number of rotatable bonds is 49. The van der Waals surface area contributed by atoms with Gasteiger partial charge in [0.1, 0.15) is 0 Å². The quantitative estimate of drug-likeness (QED) is 0.0322. The van der Waals surface area contributed by atoms with Gasteiger partial charge in [-0.05, 0) is 57.8 Å². The molecule has 0 aliphatic carbocycles. The Bertz CT molecular complexity index is 935. The molecule has 0 aliphatic heterocycles. The molecule has 0 spiro atoms. The smallest absolute Gasteiger partial charge is 0.305 e. The predicted molar refractivity (Wildman–Crippen MR) is 260 cm³/mol. The Morgan fingerprint density at radius 1 is 0.450 bits per heavy atom. The van der Waals surface area contributed by atoms with Gasteiger partial charge < -0.3 is 20.3 Å². The van der Waals surface area contributed by atoms with Crippen LogP contribution in [-0.2, 0) is 14.3 Å². The van der Waals surface area contributed by atoms with E-state index in [0.29, 0.717) is 19.4 Å². The molecule has 0 saturated heterocycles. The third-order valence-electron chi connectivity index (χ3n) is 12.2. The minimum Gasteiger partial charge on any atom is -0.466 e. The molecule has 6 heteroatoms. The van der Waals surface area contributed by atoms with Crippen LogP contribution in [0.4, 0.5) is 0 Å². The molecule has 2 unspecified atom stereocenters. The van der Waals surface area contributed by atoms with E-state index in [4.69, 9.17) is 4.74 Å². The van der Waals surface area contributed by atoms with E-state index in [0.717, 1.165) is 83.5 Å². The standard InChI is InChI=1S/C54H103NO5/c1-3-5-7-9-11-13-15-17-19-20-21-22-24-28-32-36-40-44-48-54(59)60-49-45-41-37-33-29-25-27-31-35-39-43-47-53(58)55-51(50-56)52(57)46-42-38-34-30-26-23-18-16-14-12-10-8-6-4-2/h29,33,42,46,51-52,56-57H,3-28,30-32,34-41,43-45,47-50H2,1-2H3,(H,55,58)/b33-29-,46-42+. The number of carbonyl (C=O) groups is 2. The number of esters is 1. The lowest BCUT2D eigenvalue weighted by atomic mass is 10.0. The highest BCUT2D eigenvalue weighted by Gasteiger charge is 2.18. The summed E-state index contributed by atoms with van der Waals surface area (Å²) in [5.74, 6) is -0.125. The van der Waals surface area contributed by atoms with E-state index in [9.17, 15) is 19.8 Å². The molecular formula is C54H103NO5. The zero-order chi connectivity index (χ0) is 43.7. The van der Waals surface area contributed by atoms with E-state index in [1.807, 2.05) is 6.08 Å². The van der Waals surface area contributed by atoms with Gasteiger partial charge in [0.05, 0.1) is 25.4 Å². The average Bonchev–Trinajstić information content (AvgIpc) is 3.25. The Morgan fingerprint density at radius 2 is 0.783 bits per heavy atom. The van der Waals surface area contributed by atoms with Gasteiger partial charge >= 0.3 is 5.97 Å². The highest BCUT2D eigenvalue weighted by Crippen LogP contribution is 2.16. The van der Waals surface area contributed by atoms with Gasteiger partial charge in [-0.1, -0.05) is 237 Å². The van der Waals surface area contributed by atoms with E-state index in [1.54, 1.807) is 6.08 Å². The summed E-state index contributed by atoms with van der Waals surface area (Å²) in [7, 11) is 0. The monoisotopic (exact) mass is 846 g/mol.